The number of Topliss-reactive ketones (excluding diaryl/α,β-unsaturated/α-hetero) is 1. The van der Waals surface area contributed by atoms with Gasteiger partial charge in [0.25, 0.3) is 0 Å². The average Bonchev–Trinajstić information content (AvgIpc) is 1.75. The molecule has 4 atom stereocenters. The molecule has 19 nitrogen and oxygen atoms in total. The third kappa shape index (κ3) is 14.6. The molecular formula is C70H73BrCl2F3N15O4. The molecule has 95 heavy (non-hydrogen) atoms. The number of nitrogens with one attached hydrogen (secondary N) is 7. The van der Waals surface area contributed by atoms with Crippen LogP contribution in [0.2, 0.25) is 10.0 Å². The molecule has 0 unspecified atom stereocenters. The number of fused-ring (bicyclic) bond motifs is 12. The van der Waals surface area contributed by atoms with Crippen molar-refractivity contribution in [3.05, 3.63) is 159 Å². The predicted molar refractivity (Wildman–Crippen MR) is 371 cm³/mol. The molecule has 7 N–H and O–H groups in total. The summed E-state index contributed by atoms with van der Waals surface area (Å²) in [6.07, 6.45) is 11.3. The first kappa shape index (κ1) is 65.0. The maximum atomic E-state index is 13.2. The summed E-state index contributed by atoms with van der Waals surface area (Å²) in [7, 11) is 0. The van der Waals surface area contributed by atoms with Crippen LogP contribution in [-0.2, 0) is 20.6 Å². The molecule has 10 aromatic rings. The van der Waals surface area contributed by atoms with E-state index in [-0.39, 0.29) is 47.4 Å². The minimum Gasteiger partial charge on any atom is -0.371 e. The molecule has 0 spiro atoms. The number of amides is 3. The lowest BCUT2D eigenvalue weighted by Gasteiger charge is -2.34. The first-order valence-electron chi connectivity index (χ1n) is 32.4. The summed E-state index contributed by atoms with van der Waals surface area (Å²) in [6, 6.07) is 30.9. The largest absolute Gasteiger partial charge is 0.416 e. The van der Waals surface area contributed by atoms with Crippen molar-refractivity contribution >= 4 is 135 Å². The zero-order valence-electron chi connectivity index (χ0n) is 52.5. The zero-order chi connectivity index (χ0) is 66.1. The third-order valence-corrected chi connectivity index (χ3v) is 20.3. The van der Waals surface area contributed by atoms with Crippen LogP contribution in [-0.4, -0.2) is 129 Å². The number of ketones is 1. The summed E-state index contributed by atoms with van der Waals surface area (Å²) in [5, 5.41) is 42.3. The molecule has 6 aromatic carbocycles. The first-order chi connectivity index (χ1) is 45.9. The summed E-state index contributed by atoms with van der Waals surface area (Å²) in [5.74, 6) is 1.38. The molecule has 0 radical (unpaired) electrons. The standard InChI is InChI=1S/C21H22ClN3O.C20H21ClN4O.C15H15F3N4O.C14H15BrN4O/c1-2-21(26)16-5-3-14(4-6-16)15-7-9-25(10-8-15)20-12-17(22)11-19-18(20)13-23-24-19;1-13(26)23-17-4-2-14(3-5-17)15-6-8-25(9-7-15)20-11-16(21)10-19-18(20)12-22-24-19;16-15(17,18)9-3-12-11(5-19-21-12)13(4-9)22-6-8-1-2-10(7-22)20-14(8)23;15-9-3-12-11(5-16-18-12)13(4-9)19-6-8-1-2-10(7-19)17-14(8)20/h3-6,11-13,15H,2,7-10H2,1H3,(H,23,24);2-5,10-12,15H,6-9H2,1H3,(H,22,24)(H,23,26);3-5,8,10H,1-2,6-7H2,(H,19,21)(H,20,23);3-5,8,10H,1-2,6-7H2,(H,16,18)(H,17,20)/t;;2*8-,10+/m..11/s1. The van der Waals surface area contributed by atoms with E-state index in [1.807, 2.05) is 85.0 Å². The van der Waals surface area contributed by atoms with Crippen LogP contribution in [0, 0.1) is 11.8 Å². The van der Waals surface area contributed by atoms with Crippen LogP contribution in [0.5, 0.6) is 0 Å². The number of benzene rings is 6. The Morgan fingerprint density at radius 1 is 0.526 bits per heavy atom. The summed E-state index contributed by atoms with van der Waals surface area (Å²) in [5.41, 5.74) is 10.9. The molecule has 8 saturated heterocycles. The van der Waals surface area contributed by atoms with Gasteiger partial charge < -0.3 is 35.6 Å². The first-order valence-corrected chi connectivity index (χ1v) is 34.0. The van der Waals surface area contributed by atoms with Gasteiger partial charge in [0.05, 0.1) is 64.3 Å². The number of aromatic nitrogens is 8. The number of nitrogens with zero attached hydrogens (tertiary/aromatic N) is 8. The van der Waals surface area contributed by atoms with E-state index >= 15 is 0 Å². The van der Waals surface area contributed by atoms with Crippen LogP contribution in [0.25, 0.3) is 43.6 Å². The van der Waals surface area contributed by atoms with Crippen molar-refractivity contribution in [2.45, 2.75) is 102 Å². The topological polar surface area (TPSA) is 232 Å². The van der Waals surface area contributed by atoms with Gasteiger partial charge in [0, 0.05) is 148 Å². The van der Waals surface area contributed by atoms with E-state index in [9.17, 15) is 32.3 Å². The molecule has 4 aromatic heterocycles. The SMILES string of the molecule is CC(=O)Nc1ccc(C2CCN(c3cc(Cl)cc4[nH]ncc34)CC2)cc1.CCC(=O)c1ccc(C2CCN(c3cc(Cl)cc4[nH]ncc34)CC2)cc1.O=C1N[C@H]2CC[C@@H]1CN(c1cc(Br)cc3[nH]ncc13)C2.O=C1N[C@H]2CC[C@@H]1CN(c1cc(C(F)(F)F)cc3[nH]ncc13)C2. The van der Waals surface area contributed by atoms with E-state index in [0.717, 1.165) is 178 Å². The van der Waals surface area contributed by atoms with Gasteiger partial charge >= 0.3 is 6.18 Å². The van der Waals surface area contributed by atoms with Gasteiger partial charge in [0.15, 0.2) is 5.78 Å². The lowest BCUT2D eigenvalue weighted by atomic mass is 9.88. The maximum absolute atomic E-state index is 13.2. The molecule has 18 rings (SSSR count). The molecule has 494 valence electrons. The minimum absolute atomic E-state index is 0.000775. The molecule has 3 amide bonds. The molecule has 8 aliphatic heterocycles. The molecule has 8 aliphatic rings. The Morgan fingerprint density at radius 3 is 1.36 bits per heavy atom. The van der Waals surface area contributed by atoms with Crippen molar-refractivity contribution in [2.24, 2.45) is 11.8 Å². The van der Waals surface area contributed by atoms with Gasteiger partial charge in [-0.15, -0.1) is 0 Å². The number of hydrogen-bond donors (Lipinski definition) is 7. The highest BCUT2D eigenvalue weighted by Gasteiger charge is 2.39. The number of aromatic amines is 4. The highest BCUT2D eigenvalue weighted by molar-refractivity contribution is 9.10. The van der Waals surface area contributed by atoms with Gasteiger partial charge in [-0.25, -0.2) is 0 Å². The molecule has 0 saturated carbocycles. The summed E-state index contributed by atoms with van der Waals surface area (Å²) in [6.45, 7) is 9.99. The number of carbonyl (C=O) groups excluding carboxylic acids is 4. The van der Waals surface area contributed by atoms with Crippen LogP contribution in [0.4, 0.5) is 41.6 Å². The summed E-state index contributed by atoms with van der Waals surface area (Å²) < 4.78 is 40.5. The van der Waals surface area contributed by atoms with Gasteiger partial charge in [-0.2, -0.15) is 33.6 Å². The second-order valence-electron chi connectivity index (χ2n) is 25.6. The van der Waals surface area contributed by atoms with Crippen LogP contribution in [0.1, 0.15) is 111 Å². The van der Waals surface area contributed by atoms with E-state index in [4.69, 9.17) is 23.2 Å². The van der Waals surface area contributed by atoms with Gasteiger partial charge in [0.2, 0.25) is 17.7 Å². The Bertz CT molecular complexity index is 4430. The quantitative estimate of drug-likeness (QED) is 0.0669. The lowest BCUT2D eigenvalue weighted by molar-refractivity contribution is -0.137. The number of rotatable bonds is 9. The van der Waals surface area contributed by atoms with Gasteiger partial charge in [0.1, 0.15) is 0 Å². The Balaban J connectivity index is 0.000000115. The zero-order valence-corrected chi connectivity index (χ0v) is 55.6. The van der Waals surface area contributed by atoms with Crippen LogP contribution in [0.3, 0.4) is 0 Å². The molecular weight excluding hydrogens is 1320 g/mol. The Kier molecular flexibility index (Phi) is 19.1. The Hall–Kier alpha value is -8.67. The molecule has 8 fully saturated rings. The van der Waals surface area contributed by atoms with Crippen molar-refractivity contribution in [1.82, 2.24) is 51.4 Å². The fourth-order valence-corrected chi connectivity index (χ4v) is 15.3. The molecule has 4 bridgehead atoms. The van der Waals surface area contributed by atoms with Crippen LogP contribution >= 0.6 is 39.1 Å². The van der Waals surface area contributed by atoms with Crippen LogP contribution in [0.15, 0.2) is 126 Å². The van der Waals surface area contributed by atoms with E-state index in [1.54, 1.807) is 0 Å². The number of halogens is 6. The maximum Gasteiger partial charge on any atom is 0.416 e. The van der Waals surface area contributed by atoms with E-state index in [2.05, 4.69) is 118 Å². The highest BCUT2D eigenvalue weighted by atomic mass is 79.9. The van der Waals surface area contributed by atoms with Gasteiger partial charge in [-0.1, -0.05) is 82.5 Å². The number of anilines is 5. The van der Waals surface area contributed by atoms with E-state index in [0.29, 0.717) is 47.9 Å². The van der Waals surface area contributed by atoms with Gasteiger partial charge in [-0.3, -0.25) is 39.6 Å². The smallest absolute Gasteiger partial charge is 0.371 e. The van der Waals surface area contributed by atoms with Gasteiger partial charge in [-0.05, 0) is 135 Å². The van der Waals surface area contributed by atoms with Crippen molar-refractivity contribution in [3.8, 4) is 0 Å². The lowest BCUT2D eigenvalue weighted by Crippen LogP contribution is -2.43. The molecule has 25 heteroatoms. The van der Waals surface area contributed by atoms with Crippen molar-refractivity contribution in [1.29, 1.82) is 0 Å². The monoisotopic (exact) mass is 1390 g/mol. The number of piperidine rings is 4. The molecule has 12 heterocycles. The summed E-state index contributed by atoms with van der Waals surface area (Å²) in [4.78, 5) is 55.8. The van der Waals surface area contributed by atoms with Crippen molar-refractivity contribution in [2.75, 3.05) is 77.3 Å². The number of H-pyrrole nitrogens is 4. The van der Waals surface area contributed by atoms with E-state index in [1.165, 1.54) is 24.2 Å². The Morgan fingerprint density at radius 2 is 0.937 bits per heavy atom. The van der Waals surface area contributed by atoms with E-state index < -0.39 is 11.7 Å². The Labute approximate surface area is 564 Å². The fourth-order valence-electron chi connectivity index (χ4n) is 14.4. The average molecular weight is 1400 g/mol. The minimum atomic E-state index is -4.42. The normalized spacial score (nSPS) is 19.9. The number of hydrogen-bond acceptors (Lipinski definition) is 12. The number of carbonyl (C=O) groups is 4. The molecule has 0 aliphatic carbocycles. The van der Waals surface area contributed by atoms with Crippen LogP contribution < -0.4 is 35.6 Å². The number of alkyl halides is 3. The second kappa shape index (κ2) is 28.0. The second-order valence-corrected chi connectivity index (χ2v) is 27.4. The summed E-state index contributed by atoms with van der Waals surface area (Å²) >= 11 is 16.1. The highest BCUT2D eigenvalue weighted by Crippen LogP contribution is 2.41. The predicted octanol–water partition coefficient (Wildman–Crippen LogP) is 14.1. The van der Waals surface area contributed by atoms with Crippen molar-refractivity contribution < 1.29 is 32.3 Å². The van der Waals surface area contributed by atoms with Crippen molar-refractivity contribution in [3.63, 3.8) is 0 Å². The third-order valence-electron chi connectivity index (χ3n) is 19.4. The fraction of sp³-hybridized carbons (Fsp3) is 0.371.